The summed E-state index contributed by atoms with van der Waals surface area (Å²) in [4.78, 5) is 4.68. The number of aliphatic hydroxyl groups is 1. The summed E-state index contributed by atoms with van der Waals surface area (Å²) >= 11 is 1.81. The fraction of sp³-hybridized carbons (Fsp3) is 0.750. The third kappa shape index (κ3) is 3.02. The highest BCUT2D eigenvalue weighted by Crippen LogP contribution is 2.34. The van der Waals surface area contributed by atoms with Crippen LogP contribution in [0.25, 0.3) is 0 Å². The second-order valence-corrected chi connectivity index (χ2v) is 5.23. The van der Waals surface area contributed by atoms with Crippen molar-refractivity contribution in [3.63, 3.8) is 0 Å². The van der Waals surface area contributed by atoms with Gasteiger partial charge in [-0.05, 0) is 25.7 Å². The molecule has 1 N–H and O–H groups in total. The van der Waals surface area contributed by atoms with Crippen LogP contribution < -0.4 is 0 Å². The van der Waals surface area contributed by atoms with Gasteiger partial charge in [-0.1, -0.05) is 19.3 Å². The molecule has 1 aliphatic rings. The maximum atomic E-state index is 8.76. The molecule has 1 aromatic rings. The summed E-state index contributed by atoms with van der Waals surface area (Å²) < 4.78 is 0. The van der Waals surface area contributed by atoms with Crippen molar-refractivity contribution in [3.8, 4) is 0 Å². The van der Waals surface area contributed by atoms with E-state index in [1.54, 1.807) is 0 Å². The molecule has 0 radical (unpaired) electrons. The van der Waals surface area contributed by atoms with E-state index < -0.39 is 0 Å². The van der Waals surface area contributed by atoms with Gasteiger partial charge >= 0.3 is 0 Å². The van der Waals surface area contributed by atoms with Crippen molar-refractivity contribution in [3.05, 3.63) is 16.1 Å². The second-order valence-electron chi connectivity index (χ2n) is 4.34. The Hall–Kier alpha value is -0.410. The molecule has 1 saturated carbocycles. The zero-order valence-corrected chi connectivity index (χ0v) is 9.93. The van der Waals surface area contributed by atoms with Gasteiger partial charge in [0.15, 0.2) is 0 Å². The molecule has 0 spiro atoms. The van der Waals surface area contributed by atoms with Gasteiger partial charge in [-0.2, -0.15) is 0 Å². The van der Waals surface area contributed by atoms with Crippen molar-refractivity contribution >= 4 is 11.3 Å². The van der Waals surface area contributed by atoms with Gasteiger partial charge in [0.2, 0.25) is 0 Å². The van der Waals surface area contributed by atoms with Crippen LogP contribution in [0.15, 0.2) is 5.38 Å². The lowest BCUT2D eigenvalue weighted by molar-refractivity contribution is 0.288. The van der Waals surface area contributed by atoms with Gasteiger partial charge in [0, 0.05) is 17.9 Å². The number of aliphatic hydroxyl groups excluding tert-OH is 1. The minimum atomic E-state index is 0.274. The number of aromatic nitrogens is 1. The zero-order chi connectivity index (χ0) is 10.5. The molecule has 1 aliphatic carbocycles. The van der Waals surface area contributed by atoms with Crippen molar-refractivity contribution in [2.45, 2.75) is 50.9 Å². The van der Waals surface area contributed by atoms with Crippen LogP contribution in [0.2, 0.25) is 0 Å². The van der Waals surface area contributed by atoms with Crippen molar-refractivity contribution in [1.29, 1.82) is 0 Å². The molecular weight excluding hydrogens is 206 g/mol. The molecule has 3 heteroatoms. The van der Waals surface area contributed by atoms with Gasteiger partial charge in [0.05, 0.1) is 10.7 Å². The fourth-order valence-electron chi connectivity index (χ4n) is 2.23. The van der Waals surface area contributed by atoms with Crippen LogP contribution in [0.5, 0.6) is 0 Å². The smallest absolute Gasteiger partial charge is 0.0959 e. The Bertz CT molecular complexity index is 292. The van der Waals surface area contributed by atoms with E-state index in [0.29, 0.717) is 0 Å². The van der Waals surface area contributed by atoms with Crippen LogP contribution in [0.1, 0.15) is 55.1 Å². The van der Waals surface area contributed by atoms with E-state index in [9.17, 15) is 0 Å². The zero-order valence-electron chi connectivity index (χ0n) is 9.11. The summed E-state index contributed by atoms with van der Waals surface area (Å²) in [6.45, 7) is 0.274. The molecule has 0 bridgehead atoms. The third-order valence-electron chi connectivity index (χ3n) is 3.11. The number of nitrogens with zero attached hydrogens (tertiary/aromatic N) is 1. The minimum absolute atomic E-state index is 0.274. The van der Waals surface area contributed by atoms with E-state index in [2.05, 4.69) is 10.4 Å². The normalized spacial score (nSPS) is 18.2. The van der Waals surface area contributed by atoms with Crippen LogP contribution in [-0.4, -0.2) is 16.7 Å². The molecule has 0 aliphatic heterocycles. The highest BCUT2D eigenvalue weighted by Gasteiger charge is 2.18. The van der Waals surface area contributed by atoms with Gasteiger partial charge in [0.25, 0.3) is 0 Å². The first-order valence-corrected chi connectivity index (χ1v) is 6.83. The summed E-state index contributed by atoms with van der Waals surface area (Å²) in [5.74, 6) is 0.728. The molecule has 1 aromatic heterocycles. The van der Waals surface area contributed by atoms with E-state index >= 15 is 0 Å². The predicted octanol–water partition coefficient (Wildman–Crippen LogP) is 3.12. The van der Waals surface area contributed by atoms with Gasteiger partial charge in [-0.15, -0.1) is 11.3 Å². The summed E-state index contributed by atoms with van der Waals surface area (Å²) in [7, 11) is 0. The monoisotopic (exact) mass is 225 g/mol. The van der Waals surface area contributed by atoms with Gasteiger partial charge < -0.3 is 5.11 Å². The molecule has 0 amide bonds. The van der Waals surface area contributed by atoms with Crippen LogP contribution in [0.3, 0.4) is 0 Å². The van der Waals surface area contributed by atoms with Crippen LogP contribution >= 0.6 is 11.3 Å². The van der Waals surface area contributed by atoms with Crippen molar-refractivity contribution in [2.75, 3.05) is 6.61 Å². The standard InChI is InChI=1S/C12H19NOS/c14-8-4-7-11-9-15-12(13-11)10-5-2-1-3-6-10/h9-10,14H,1-8H2. The van der Waals surface area contributed by atoms with Crippen molar-refractivity contribution < 1.29 is 5.11 Å². The van der Waals surface area contributed by atoms with Crippen LogP contribution in [0.4, 0.5) is 0 Å². The Morgan fingerprint density at radius 1 is 1.33 bits per heavy atom. The van der Waals surface area contributed by atoms with E-state index in [1.165, 1.54) is 42.8 Å². The summed E-state index contributed by atoms with van der Waals surface area (Å²) in [6, 6.07) is 0. The maximum absolute atomic E-state index is 8.76. The molecule has 15 heavy (non-hydrogen) atoms. The van der Waals surface area contributed by atoms with Crippen molar-refractivity contribution in [2.24, 2.45) is 0 Å². The molecule has 2 nitrogen and oxygen atoms in total. The summed E-state index contributed by atoms with van der Waals surface area (Å²) in [6.07, 6.45) is 8.57. The molecule has 0 unspecified atom stereocenters. The van der Waals surface area contributed by atoms with Crippen LogP contribution in [-0.2, 0) is 6.42 Å². The number of thiazole rings is 1. The first-order valence-electron chi connectivity index (χ1n) is 5.95. The average Bonchev–Trinajstić information content (AvgIpc) is 2.76. The first-order chi connectivity index (χ1) is 7.40. The molecule has 1 fully saturated rings. The number of rotatable bonds is 4. The largest absolute Gasteiger partial charge is 0.396 e. The fourth-order valence-corrected chi connectivity index (χ4v) is 3.26. The number of aryl methyl sites for hydroxylation is 1. The Morgan fingerprint density at radius 3 is 2.87 bits per heavy atom. The van der Waals surface area contributed by atoms with E-state index in [1.807, 2.05) is 11.3 Å². The molecule has 0 saturated heterocycles. The molecule has 1 heterocycles. The third-order valence-corrected chi connectivity index (χ3v) is 4.17. The minimum Gasteiger partial charge on any atom is -0.396 e. The molecule has 2 rings (SSSR count). The highest BCUT2D eigenvalue weighted by molar-refractivity contribution is 7.09. The average molecular weight is 225 g/mol. The lowest BCUT2D eigenvalue weighted by atomic mass is 9.90. The quantitative estimate of drug-likeness (QED) is 0.854. The number of hydrogen-bond acceptors (Lipinski definition) is 3. The molecule has 84 valence electrons. The lowest BCUT2D eigenvalue weighted by Crippen LogP contribution is -2.04. The Labute approximate surface area is 95.4 Å². The van der Waals surface area contributed by atoms with Crippen LogP contribution in [0, 0.1) is 0 Å². The van der Waals surface area contributed by atoms with Gasteiger partial charge in [0.1, 0.15) is 0 Å². The highest BCUT2D eigenvalue weighted by atomic mass is 32.1. The number of hydrogen-bond donors (Lipinski definition) is 1. The Morgan fingerprint density at radius 2 is 2.13 bits per heavy atom. The van der Waals surface area contributed by atoms with E-state index in [0.717, 1.165) is 18.8 Å². The predicted molar refractivity (Wildman–Crippen MR) is 63.3 cm³/mol. The molecular formula is C12H19NOS. The Kier molecular flexibility index (Phi) is 4.15. The van der Waals surface area contributed by atoms with Gasteiger partial charge in [-0.25, -0.2) is 4.98 Å². The SMILES string of the molecule is OCCCc1csc(C2CCCCC2)n1. The van der Waals surface area contributed by atoms with E-state index in [4.69, 9.17) is 5.11 Å². The van der Waals surface area contributed by atoms with E-state index in [-0.39, 0.29) is 6.61 Å². The first kappa shape index (κ1) is 11.1. The van der Waals surface area contributed by atoms with Gasteiger partial charge in [-0.3, -0.25) is 0 Å². The summed E-state index contributed by atoms with van der Waals surface area (Å²) in [5.41, 5.74) is 1.18. The maximum Gasteiger partial charge on any atom is 0.0959 e. The van der Waals surface area contributed by atoms with Crippen molar-refractivity contribution in [1.82, 2.24) is 4.98 Å². The second kappa shape index (κ2) is 5.61. The topological polar surface area (TPSA) is 33.1 Å². The Balaban J connectivity index is 1.93. The lowest BCUT2D eigenvalue weighted by Gasteiger charge is -2.18. The molecule has 0 atom stereocenters. The molecule has 0 aromatic carbocycles. The summed E-state index contributed by atoms with van der Waals surface area (Å²) in [5, 5.41) is 12.3.